The predicted molar refractivity (Wildman–Crippen MR) is 70.9 cm³/mol. The van der Waals surface area contributed by atoms with Gasteiger partial charge in [0.25, 0.3) is 0 Å². The summed E-state index contributed by atoms with van der Waals surface area (Å²) in [6, 6.07) is 2.57. The van der Waals surface area contributed by atoms with Crippen molar-refractivity contribution in [2.45, 2.75) is 58.5 Å². The van der Waals surface area contributed by atoms with Crippen LogP contribution in [0.4, 0.5) is 0 Å². The number of nitrogens with one attached hydrogen (secondary N) is 1. The summed E-state index contributed by atoms with van der Waals surface area (Å²) in [7, 11) is 0. The Morgan fingerprint density at radius 3 is 2.82 bits per heavy atom. The van der Waals surface area contributed by atoms with Crippen molar-refractivity contribution < 1.29 is 0 Å². The highest BCUT2D eigenvalue weighted by molar-refractivity contribution is 4.98. The number of nitrogens with zero attached hydrogens (tertiary/aromatic N) is 2. The molecule has 0 aliphatic heterocycles. The topological polar surface area (TPSA) is 29.9 Å². The normalized spacial score (nSPS) is 17.1. The van der Waals surface area contributed by atoms with E-state index in [4.69, 9.17) is 0 Å². The Hall–Kier alpha value is -0.830. The molecular formula is C14H25N3. The van der Waals surface area contributed by atoms with Crippen LogP contribution in [0.5, 0.6) is 0 Å². The molecule has 1 aliphatic carbocycles. The molecule has 3 nitrogen and oxygen atoms in total. The van der Waals surface area contributed by atoms with Crippen LogP contribution in [0, 0.1) is 5.92 Å². The first-order valence-electron chi connectivity index (χ1n) is 7.00. The van der Waals surface area contributed by atoms with Crippen LogP contribution in [-0.4, -0.2) is 16.3 Å². The third-order valence-electron chi connectivity index (χ3n) is 3.70. The van der Waals surface area contributed by atoms with Crippen LogP contribution in [-0.2, 0) is 6.54 Å². The lowest BCUT2D eigenvalue weighted by Gasteiger charge is -2.09. The maximum atomic E-state index is 4.53. The minimum Gasteiger partial charge on any atom is -0.311 e. The summed E-state index contributed by atoms with van der Waals surface area (Å²) >= 11 is 0. The van der Waals surface area contributed by atoms with Gasteiger partial charge < -0.3 is 5.32 Å². The third kappa shape index (κ3) is 3.84. The van der Waals surface area contributed by atoms with Crippen LogP contribution in [0.3, 0.4) is 0 Å². The first-order valence-corrected chi connectivity index (χ1v) is 7.00. The fourth-order valence-corrected chi connectivity index (χ4v) is 2.58. The third-order valence-corrected chi connectivity index (χ3v) is 3.70. The molecule has 1 N–H and O–H groups in total. The first kappa shape index (κ1) is 12.6. The van der Waals surface area contributed by atoms with Crippen molar-refractivity contribution in [3.05, 3.63) is 18.0 Å². The Morgan fingerprint density at radius 1 is 1.41 bits per heavy atom. The molecule has 0 aromatic carbocycles. The van der Waals surface area contributed by atoms with Crippen LogP contribution in [0.2, 0.25) is 0 Å². The minimum absolute atomic E-state index is 0.460. The van der Waals surface area contributed by atoms with Gasteiger partial charge in [-0.1, -0.05) is 25.7 Å². The smallest absolute Gasteiger partial charge is 0.0762 e. The molecule has 1 heterocycles. The molecule has 0 atom stereocenters. The van der Waals surface area contributed by atoms with E-state index >= 15 is 0 Å². The Kier molecular flexibility index (Phi) is 4.60. The van der Waals surface area contributed by atoms with Gasteiger partial charge in [0.1, 0.15) is 0 Å². The largest absolute Gasteiger partial charge is 0.311 e. The highest BCUT2D eigenvalue weighted by atomic mass is 15.3. The second-order valence-electron chi connectivity index (χ2n) is 5.50. The van der Waals surface area contributed by atoms with Gasteiger partial charge in [0, 0.05) is 18.8 Å². The van der Waals surface area contributed by atoms with Crippen molar-refractivity contribution in [3.63, 3.8) is 0 Å². The van der Waals surface area contributed by atoms with Gasteiger partial charge in [-0.25, -0.2) is 0 Å². The van der Waals surface area contributed by atoms with Gasteiger partial charge >= 0.3 is 0 Å². The Labute approximate surface area is 105 Å². The Balaban J connectivity index is 1.63. The summed E-state index contributed by atoms with van der Waals surface area (Å²) in [5.41, 5.74) is 1.16. The minimum atomic E-state index is 0.460. The van der Waals surface area contributed by atoms with Gasteiger partial charge in [-0.05, 0) is 38.8 Å². The molecule has 1 fully saturated rings. The molecule has 1 saturated carbocycles. The van der Waals surface area contributed by atoms with Crippen molar-refractivity contribution in [3.8, 4) is 0 Å². The van der Waals surface area contributed by atoms with Crippen LogP contribution >= 0.6 is 0 Å². The van der Waals surface area contributed by atoms with E-state index in [1.807, 2.05) is 4.68 Å². The van der Waals surface area contributed by atoms with Gasteiger partial charge in [0.15, 0.2) is 0 Å². The van der Waals surface area contributed by atoms with Gasteiger partial charge in [-0.15, -0.1) is 0 Å². The average Bonchev–Trinajstić information content (AvgIpc) is 2.96. The van der Waals surface area contributed by atoms with Gasteiger partial charge in [0.05, 0.1) is 5.69 Å². The molecule has 96 valence electrons. The van der Waals surface area contributed by atoms with Crippen LogP contribution in [0.1, 0.15) is 57.7 Å². The van der Waals surface area contributed by atoms with E-state index in [-0.39, 0.29) is 0 Å². The lowest BCUT2D eigenvalue weighted by molar-refractivity contribution is 0.472. The van der Waals surface area contributed by atoms with Gasteiger partial charge in [-0.2, -0.15) is 5.10 Å². The zero-order valence-corrected chi connectivity index (χ0v) is 11.2. The lowest BCUT2D eigenvalue weighted by atomic mass is 10.0. The maximum Gasteiger partial charge on any atom is 0.0762 e. The van der Waals surface area contributed by atoms with E-state index in [9.17, 15) is 0 Å². The summed E-state index contributed by atoms with van der Waals surface area (Å²) in [4.78, 5) is 0. The summed E-state index contributed by atoms with van der Waals surface area (Å²) in [5.74, 6) is 0.982. The molecule has 3 heteroatoms. The molecule has 1 aromatic heterocycles. The molecule has 17 heavy (non-hydrogen) atoms. The Bertz CT molecular complexity index is 324. The van der Waals surface area contributed by atoms with E-state index in [0.717, 1.165) is 24.7 Å². The fourth-order valence-electron chi connectivity index (χ4n) is 2.58. The van der Waals surface area contributed by atoms with Gasteiger partial charge in [-0.3, -0.25) is 4.68 Å². The second kappa shape index (κ2) is 6.20. The monoisotopic (exact) mass is 235 g/mol. The molecule has 0 bridgehead atoms. The molecular weight excluding hydrogens is 210 g/mol. The van der Waals surface area contributed by atoms with Crippen molar-refractivity contribution in [1.29, 1.82) is 0 Å². The first-order chi connectivity index (χ1) is 8.25. The van der Waals surface area contributed by atoms with Gasteiger partial charge in [0.2, 0.25) is 0 Å². The molecule has 0 spiro atoms. The molecule has 0 saturated heterocycles. The second-order valence-corrected chi connectivity index (χ2v) is 5.50. The molecule has 1 aromatic rings. The van der Waals surface area contributed by atoms with E-state index in [0.29, 0.717) is 6.04 Å². The highest BCUT2D eigenvalue weighted by Gasteiger charge is 2.13. The standard InChI is InChI=1S/C14H25N3/c1-12(2)17-10-8-14(16-17)11-15-9-7-13-5-3-4-6-13/h8,10,12-13,15H,3-7,9,11H2,1-2H3. The zero-order valence-electron chi connectivity index (χ0n) is 11.2. The maximum absolute atomic E-state index is 4.53. The fraction of sp³-hybridized carbons (Fsp3) is 0.786. The van der Waals surface area contributed by atoms with E-state index in [2.05, 4.69) is 36.5 Å². The molecule has 1 aliphatic rings. The Morgan fingerprint density at radius 2 is 2.18 bits per heavy atom. The summed E-state index contributed by atoms with van der Waals surface area (Å²) in [6.45, 7) is 6.36. The molecule has 0 unspecified atom stereocenters. The van der Waals surface area contributed by atoms with Crippen molar-refractivity contribution in [2.75, 3.05) is 6.54 Å². The van der Waals surface area contributed by atoms with Crippen LogP contribution in [0.15, 0.2) is 12.3 Å². The van der Waals surface area contributed by atoms with E-state index in [1.165, 1.54) is 32.1 Å². The zero-order chi connectivity index (χ0) is 12.1. The molecule has 2 rings (SSSR count). The van der Waals surface area contributed by atoms with Crippen LogP contribution < -0.4 is 5.32 Å². The SMILES string of the molecule is CC(C)n1ccc(CNCCC2CCCC2)n1. The van der Waals surface area contributed by atoms with E-state index in [1.54, 1.807) is 0 Å². The number of aromatic nitrogens is 2. The average molecular weight is 235 g/mol. The lowest BCUT2D eigenvalue weighted by Crippen LogP contribution is -2.17. The number of hydrogen-bond donors (Lipinski definition) is 1. The summed E-state index contributed by atoms with van der Waals surface area (Å²) in [5, 5.41) is 8.04. The summed E-state index contributed by atoms with van der Waals surface area (Å²) < 4.78 is 2.02. The van der Waals surface area contributed by atoms with Crippen molar-refractivity contribution in [1.82, 2.24) is 15.1 Å². The quantitative estimate of drug-likeness (QED) is 0.768. The van der Waals surface area contributed by atoms with E-state index < -0.39 is 0 Å². The predicted octanol–water partition coefficient (Wildman–Crippen LogP) is 3.13. The molecule has 0 radical (unpaired) electrons. The van der Waals surface area contributed by atoms with Crippen molar-refractivity contribution >= 4 is 0 Å². The number of rotatable bonds is 6. The molecule has 0 amide bonds. The number of hydrogen-bond acceptors (Lipinski definition) is 2. The van der Waals surface area contributed by atoms with Crippen molar-refractivity contribution in [2.24, 2.45) is 5.92 Å². The summed E-state index contributed by atoms with van der Waals surface area (Å²) in [6.07, 6.45) is 9.20. The van der Waals surface area contributed by atoms with Crippen LogP contribution in [0.25, 0.3) is 0 Å². The highest BCUT2D eigenvalue weighted by Crippen LogP contribution is 2.26.